The highest BCUT2D eigenvalue weighted by atomic mass is 79.9. The Labute approximate surface area is 122 Å². The van der Waals surface area contributed by atoms with Crippen molar-refractivity contribution in [2.75, 3.05) is 6.61 Å². The molecule has 0 aliphatic rings. The summed E-state index contributed by atoms with van der Waals surface area (Å²) in [6.07, 6.45) is 1.69. The van der Waals surface area contributed by atoms with Crippen molar-refractivity contribution in [2.24, 2.45) is 16.3 Å². The number of halogens is 1. The van der Waals surface area contributed by atoms with E-state index < -0.39 is 0 Å². The molecule has 0 aromatic heterocycles. The van der Waals surface area contributed by atoms with Crippen LogP contribution in [0.1, 0.15) is 32.3 Å². The number of benzene rings is 1. The molecule has 5 heteroatoms. The van der Waals surface area contributed by atoms with E-state index in [0.29, 0.717) is 13.2 Å². The molecule has 0 spiro atoms. The van der Waals surface area contributed by atoms with Crippen molar-refractivity contribution in [1.29, 1.82) is 0 Å². The van der Waals surface area contributed by atoms with E-state index in [9.17, 15) is 0 Å². The first-order valence-corrected chi connectivity index (χ1v) is 7.05. The maximum Gasteiger partial charge on any atom is 0.144 e. The average molecular weight is 329 g/mol. The standard InChI is InChI=1S/C14H21BrN2O2/c1-14(2,13(16)17-18)7-4-8-19-10-11-5-3-6-12(15)9-11/h3,5-6,9,18H,4,7-8,10H2,1-2H3,(H2,16,17). The molecule has 0 saturated carbocycles. The van der Waals surface area contributed by atoms with Crippen molar-refractivity contribution in [3.05, 3.63) is 34.3 Å². The van der Waals surface area contributed by atoms with E-state index >= 15 is 0 Å². The maximum atomic E-state index is 8.68. The highest BCUT2D eigenvalue weighted by Crippen LogP contribution is 2.22. The second kappa shape index (κ2) is 7.50. The van der Waals surface area contributed by atoms with Crippen LogP contribution in [0.2, 0.25) is 0 Å². The number of amidine groups is 1. The predicted molar refractivity (Wildman–Crippen MR) is 80.2 cm³/mol. The van der Waals surface area contributed by atoms with Crippen molar-refractivity contribution < 1.29 is 9.94 Å². The van der Waals surface area contributed by atoms with Crippen LogP contribution in [0.25, 0.3) is 0 Å². The first-order valence-electron chi connectivity index (χ1n) is 6.26. The predicted octanol–water partition coefficient (Wildman–Crippen LogP) is 3.52. The summed E-state index contributed by atoms with van der Waals surface area (Å²) in [5.41, 5.74) is 6.47. The highest BCUT2D eigenvalue weighted by Gasteiger charge is 2.22. The molecule has 0 aliphatic carbocycles. The summed E-state index contributed by atoms with van der Waals surface area (Å²) in [7, 11) is 0. The number of oxime groups is 1. The van der Waals surface area contributed by atoms with Gasteiger partial charge in [-0.3, -0.25) is 0 Å². The summed E-state index contributed by atoms with van der Waals surface area (Å²) in [4.78, 5) is 0. The Kier molecular flexibility index (Phi) is 6.31. The first-order chi connectivity index (χ1) is 8.95. The van der Waals surface area contributed by atoms with Crippen molar-refractivity contribution >= 4 is 21.8 Å². The Bertz CT molecular complexity index is 433. The first kappa shape index (κ1) is 16.0. The van der Waals surface area contributed by atoms with Crippen molar-refractivity contribution in [3.63, 3.8) is 0 Å². The fourth-order valence-electron chi connectivity index (χ4n) is 1.70. The van der Waals surface area contributed by atoms with Crippen molar-refractivity contribution in [1.82, 2.24) is 0 Å². The molecule has 19 heavy (non-hydrogen) atoms. The molecular formula is C14H21BrN2O2. The summed E-state index contributed by atoms with van der Waals surface area (Å²) >= 11 is 3.43. The van der Waals surface area contributed by atoms with Crippen LogP contribution in [-0.4, -0.2) is 17.6 Å². The van der Waals surface area contributed by atoms with Crippen LogP contribution in [-0.2, 0) is 11.3 Å². The zero-order chi connectivity index (χ0) is 14.3. The Morgan fingerprint density at radius 3 is 2.84 bits per heavy atom. The molecule has 106 valence electrons. The molecule has 0 aliphatic heterocycles. The van der Waals surface area contributed by atoms with Gasteiger partial charge in [0.1, 0.15) is 5.84 Å². The van der Waals surface area contributed by atoms with Gasteiger partial charge in [-0.15, -0.1) is 0 Å². The van der Waals surface area contributed by atoms with Crippen LogP contribution in [0.3, 0.4) is 0 Å². The lowest BCUT2D eigenvalue weighted by molar-refractivity contribution is 0.112. The molecule has 3 N–H and O–H groups in total. The number of nitrogens with zero attached hydrogens (tertiary/aromatic N) is 1. The SMILES string of the molecule is CC(C)(CCCOCc1cccc(Br)c1)/C(N)=N/O. The molecule has 1 rings (SSSR count). The fraction of sp³-hybridized carbons (Fsp3) is 0.500. The van der Waals surface area contributed by atoms with Gasteiger partial charge in [-0.2, -0.15) is 0 Å². The van der Waals surface area contributed by atoms with Gasteiger partial charge >= 0.3 is 0 Å². The lowest BCUT2D eigenvalue weighted by Gasteiger charge is -2.22. The normalized spacial score (nSPS) is 12.7. The van der Waals surface area contributed by atoms with Gasteiger partial charge in [0.15, 0.2) is 0 Å². The fourth-order valence-corrected chi connectivity index (χ4v) is 2.14. The van der Waals surface area contributed by atoms with E-state index in [1.165, 1.54) is 0 Å². The zero-order valence-corrected chi connectivity index (χ0v) is 13.0. The summed E-state index contributed by atoms with van der Waals surface area (Å²) in [5, 5.41) is 11.7. The smallest absolute Gasteiger partial charge is 0.144 e. The van der Waals surface area contributed by atoms with E-state index in [-0.39, 0.29) is 11.3 Å². The Balaban J connectivity index is 2.25. The van der Waals surface area contributed by atoms with Gasteiger partial charge < -0.3 is 15.7 Å². The van der Waals surface area contributed by atoms with E-state index in [0.717, 1.165) is 22.9 Å². The van der Waals surface area contributed by atoms with E-state index in [1.54, 1.807) is 0 Å². The second-order valence-electron chi connectivity index (χ2n) is 5.16. The molecule has 4 nitrogen and oxygen atoms in total. The molecule has 0 fully saturated rings. The highest BCUT2D eigenvalue weighted by molar-refractivity contribution is 9.10. The number of nitrogens with two attached hydrogens (primary N) is 1. The monoisotopic (exact) mass is 328 g/mol. The van der Waals surface area contributed by atoms with Crippen molar-refractivity contribution in [3.8, 4) is 0 Å². The van der Waals surface area contributed by atoms with Crippen LogP contribution in [0.4, 0.5) is 0 Å². The largest absolute Gasteiger partial charge is 0.409 e. The molecule has 0 amide bonds. The minimum Gasteiger partial charge on any atom is -0.409 e. The van der Waals surface area contributed by atoms with E-state index in [1.807, 2.05) is 38.1 Å². The van der Waals surface area contributed by atoms with Crippen LogP contribution >= 0.6 is 15.9 Å². The quantitative estimate of drug-likeness (QED) is 0.264. The van der Waals surface area contributed by atoms with Crippen LogP contribution in [0, 0.1) is 5.41 Å². The molecule has 0 heterocycles. The van der Waals surface area contributed by atoms with Gasteiger partial charge in [0.25, 0.3) is 0 Å². The van der Waals surface area contributed by atoms with Crippen LogP contribution < -0.4 is 5.73 Å². The maximum absolute atomic E-state index is 8.68. The van der Waals surface area contributed by atoms with Crippen LogP contribution in [0.15, 0.2) is 33.9 Å². The molecular weight excluding hydrogens is 308 g/mol. The molecule has 0 saturated heterocycles. The number of hydrogen-bond donors (Lipinski definition) is 2. The molecule has 0 radical (unpaired) electrons. The van der Waals surface area contributed by atoms with Gasteiger partial charge in [0, 0.05) is 16.5 Å². The molecule has 0 atom stereocenters. The van der Waals surface area contributed by atoms with Gasteiger partial charge in [0.2, 0.25) is 0 Å². The Morgan fingerprint density at radius 1 is 1.47 bits per heavy atom. The summed E-state index contributed by atoms with van der Waals surface area (Å²) < 4.78 is 6.68. The number of rotatable bonds is 7. The van der Waals surface area contributed by atoms with Gasteiger partial charge in [0.05, 0.1) is 6.61 Å². The summed E-state index contributed by atoms with van der Waals surface area (Å²) in [6, 6.07) is 8.05. The van der Waals surface area contributed by atoms with E-state index in [2.05, 4.69) is 21.1 Å². The third kappa shape index (κ3) is 5.61. The topological polar surface area (TPSA) is 67.8 Å². The number of hydrogen-bond acceptors (Lipinski definition) is 3. The molecule has 0 bridgehead atoms. The summed E-state index contributed by atoms with van der Waals surface area (Å²) in [6.45, 7) is 5.17. The third-order valence-electron chi connectivity index (χ3n) is 3.05. The lowest BCUT2D eigenvalue weighted by Crippen LogP contribution is -2.32. The molecule has 1 aromatic rings. The molecule has 0 unspecified atom stereocenters. The second-order valence-corrected chi connectivity index (χ2v) is 6.07. The van der Waals surface area contributed by atoms with Gasteiger partial charge in [-0.05, 0) is 30.5 Å². The average Bonchev–Trinajstić information content (AvgIpc) is 2.37. The molecule has 1 aromatic carbocycles. The lowest BCUT2D eigenvalue weighted by atomic mass is 9.87. The van der Waals surface area contributed by atoms with Gasteiger partial charge in [-0.25, -0.2) is 0 Å². The number of ether oxygens (including phenoxy) is 1. The summed E-state index contributed by atoms with van der Waals surface area (Å²) in [5.74, 6) is 0.263. The minimum absolute atomic E-state index is 0.263. The Morgan fingerprint density at radius 2 is 2.21 bits per heavy atom. The zero-order valence-electron chi connectivity index (χ0n) is 11.4. The van der Waals surface area contributed by atoms with E-state index in [4.69, 9.17) is 15.7 Å². The van der Waals surface area contributed by atoms with Gasteiger partial charge in [-0.1, -0.05) is 47.1 Å². The minimum atomic E-state index is -0.298. The van der Waals surface area contributed by atoms with Crippen LogP contribution in [0.5, 0.6) is 0 Å². The van der Waals surface area contributed by atoms with Crippen molar-refractivity contribution in [2.45, 2.75) is 33.3 Å². The third-order valence-corrected chi connectivity index (χ3v) is 3.54. The Hall–Kier alpha value is -1.07.